The number of amides is 2. The molecule has 1 aliphatic carbocycles. The van der Waals surface area contributed by atoms with Gasteiger partial charge in [-0.05, 0) is 31.7 Å². The molecule has 2 rings (SSSR count). The number of nitrogens with zero attached hydrogens (tertiary/aromatic N) is 1. The molecular weight excluding hydrogens is 190 g/mol. The molecule has 86 valence electrons. The number of carbonyl (C=O) groups is 1. The molecule has 0 radical (unpaired) electrons. The summed E-state index contributed by atoms with van der Waals surface area (Å²) in [5, 5.41) is 2.92. The lowest BCUT2D eigenvalue weighted by Gasteiger charge is -2.41. The fourth-order valence-electron chi connectivity index (χ4n) is 2.84. The topological polar surface area (TPSA) is 58.4 Å². The van der Waals surface area contributed by atoms with Crippen molar-refractivity contribution in [3.63, 3.8) is 0 Å². The van der Waals surface area contributed by atoms with Crippen molar-refractivity contribution >= 4 is 6.03 Å². The maximum Gasteiger partial charge on any atom is 0.317 e. The summed E-state index contributed by atoms with van der Waals surface area (Å²) in [5.74, 6) is 0.516. The molecule has 4 nitrogen and oxygen atoms in total. The molecule has 2 unspecified atom stereocenters. The van der Waals surface area contributed by atoms with E-state index in [0.717, 1.165) is 25.9 Å². The smallest absolute Gasteiger partial charge is 0.317 e. The molecule has 1 saturated heterocycles. The predicted octanol–water partition coefficient (Wildman–Crippen LogP) is 0.919. The molecule has 2 amide bonds. The first-order valence-electron chi connectivity index (χ1n) is 6.07. The maximum atomic E-state index is 11.7. The van der Waals surface area contributed by atoms with Crippen molar-refractivity contribution in [2.24, 2.45) is 11.7 Å². The highest BCUT2D eigenvalue weighted by molar-refractivity contribution is 5.75. The van der Waals surface area contributed by atoms with E-state index in [2.05, 4.69) is 5.32 Å². The van der Waals surface area contributed by atoms with Crippen LogP contribution in [0.3, 0.4) is 0 Å². The van der Waals surface area contributed by atoms with Gasteiger partial charge in [0.15, 0.2) is 0 Å². The van der Waals surface area contributed by atoms with Gasteiger partial charge < -0.3 is 16.0 Å². The fraction of sp³-hybridized carbons (Fsp3) is 0.909. The summed E-state index contributed by atoms with van der Waals surface area (Å²) in [6.45, 7) is 2.46. The van der Waals surface area contributed by atoms with Crippen LogP contribution >= 0.6 is 0 Å². The van der Waals surface area contributed by atoms with Crippen LogP contribution in [0.15, 0.2) is 0 Å². The van der Waals surface area contributed by atoms with Crippen LogP contribution in [0, 0.1) is 5.92 Å². The van der Waals surface area contributed by atoms with E-state index in [1.54, 1.807) is 0 Å². The second-order valence-electron chi connectivity index (χ2n) is 4.63. The summed E-state index contributed by atoms with van der Waals surface area (Å²) in [5.41, 5.74) is 5.79. The zero-order chi connectivity index (χ0) is 10.7. The minimum absolute atomic E-state index is 0.117. The Balaban J connectivity index is 2.02. The molecule has 1 heterocycles. The fourth-order valence-corrected chi connectivity index (χ4v) is 2.84. The third-order valence-electron chi connectivity index (χ3n) is 3.68. The Morgan fingerprint density at radius 1 is 1.33 bits per heavy atom. The molecule has 4 heteroatoms. The van der Waals surface area contributed by atoms with Gasteiger partial charge in [0.25, 0.3) is 0 Å². The number of hydrogen-bond acceptors (Lipinski definition) is 2. The average Bonchev–Trinajstić information content (AvgIpc) is 2.30. The average molecular weight is 211 g/mol. The van der Waals surface area contributed by atoms with Gasteiger partial charge in [-0.15, -0.1) is 0 Å². The van der Waals surface area contributed by atoms with Gasteiger partial charge >= 0.3 is 6.03 Å². The Morgan fingerprint density at radius 2 is 2.13 bits per heavy atom. The molecule has 0 aromatic rings. The van der Waals surface area contributed by atoms with Gasteiger partial charge in [-0.1, -0.05) is 12.8 Å². The Kier molecular flexibility index (Phi) is 3.46. The standard InChI is InChI=1S/C11H21N3O/c12-8-9-4-1-2-5-10(9)14-7-3-6-13-11(14)15/h9-10H,1-8,12H2,(H,13,15). The van der Waals surface area contributed by atoms with E-state index in [1.165, 1.54) is 19.3 Å². The van der Waals surface area contributed by atoms with Gasteiger partial charge in [-0.3, -0.25) is 0 Å². The van der Waals surface area contributed by atoms with E-state index < -0.39 is 0 Å². The summed E-state index contributed by atoms with van der Waals surface area (Å²) in [7, 11) is 0. The van der Waals surface area contributed by atoms with Crippen molar-refractivity contribution in [3.8, 4) is 0 Å². The monoisotopic (exact) mass is 211 g/mol. The summed E-state index contributed by atoms with van der Waals surface area (Å²) in [4.78, 5) is 13.7. The van der Waals surface area contributed by atoms with Crippen LogP contribution in [0.25, 0.3) is 0 Å². The first kappa shape index (κ1) is 10.7. The van der Waals surface area contributed by atoms with Gasteiger partial charge in [0.05, 0.1) is 0 Å². The summed E-state index contributed by atoms with van der Waals surface area (Å²) in [6.07, 6.45) is 5.90. The molecule has 3 N–H and O–H groups in total. The number of nitrogens with one attached hydrogen (secondary N) is 1. The second kappa shape index (κ2) is 4.84. The molecule has 0 bridgehead atoms. The van der Waals surface area contributed by atoms with E-state index in [4.69, 9.17) is 5.73 Å². The quantitative estimate of drug-likeness (QED) is 0.713. The molecular formula is C11H21N3O. The summed E-state index contributed by atoms with van der Waals surface area (Å²) >= 11 is 0. The lowest BCUT2D eigenvalue weighted by Crippen LogP contribution is -2.55. The Hall–Kier alpha value is -0.770. The van der Waals surface area contributed by atoms with Crippen LogP contribution in [0.2, 0.25) is 0 Å². The normalized spacial score (nSPS) is 32.6. The highest BCUT2D eigenvalue weighted by Gasteiger charge is 2.32. The lowest BCUT2D eigenvalue weighted by atomic mass is 9.83. The van der Waals surface area contributed by atoms with Gasteiger partial charge in [-0.2, -0.15) is 0 Å². The molecule has 1 aliphatic heterocycles. The van der Waals surface area contributed by atoms with Crippen molar-refractivity contribution in [1.29, 1.82) is 0 Å². The molecule has 15 heavy (non-hydrogen) atoms. The first-order valence-corrected chi connectivity index (χ1v) is 6.07. The number of nitrogens with two attached hydrogens (primary N) is 1. The van der Waals surface area contributed by atoms with Crippen LogP contribution in [-0.4, -0.2) is 36.6 Å². The molecule has 1 saturated carbocycles. The van der Waals surface area contributed by atoms with E-state index in [-0.39, 0.29) is 6.03 Å². The van der Waals surface area contributed by atoms with Crippen molar-refractivity contribution in [3.05, 3.63) is 0 Å². The molecule has 2 aliphatic rings. The minimum Gasteiger partial charge on any atom is -0.338 e. The summed E-state index contributed by atoms with van der Waals surface area (Å²) in [6, 6.07) is 0.510. The third-order valence-corrected chi connectivity index (χ3v) is 3.68. The highest BCUT2D eigenvalue weighted by Crippen LogP contribution is 2.28. The number of urea groups is 1. The maximum absolute atomic E-state index is 11.7. The van der Waals surface area contributed by atoms with Gasteiger partial charge in [-0.25, -0.2) is 4.79 Å². The zero-order valence-electron chi connectivity index (χ0n) is 9.24. The summed E-state index contributed by atoms with van der Waals surface area (Å²) < 4.78 is 0. The highest BCUT2D eigenvalue weighted by atomic mass is 16.2. The van der Waals surface area contributed by atoms with Crippen LogP contribution in [0.1, 0.15) is 32.1 Å². The Labute approximate surface area is 91.2 Å². The molecule has 2 atom stereocenters. The minimum atomic E-state index is 0.117. The van der Waals surface area contributed by atoms with E-state index >= 15 is 0 Å². The second-order valence-corrected chi connectivity index (χ2v) is 4.63. The Morgan fingerprint density at radius 3 is 2.87 bits per heavy atom. The first-order chi connectivity index (χ1) is 7.33. The van der Waals surface area contributed by atoms with Crippen LogP contribution < -0.4 is 11.1 Å². The van der Waals surface area contributed by atoms with Crippen LogP contribution in [0.5, 0.6) is 0 Å². The largest absolute Gasteiger partial charge is 0.338 e. The molecule has 2 fully saturated rings. The van der Waals surface area contributed by atoms with Gasteiger partial charge in [0, 0.05) is 19.1 Å². The van der Waals surface area contributed by atoms with Crippen molar-refractivity contribution in [2.45, 2.75) is 38.1 Å². The third kappa shape index (κ3) is 2.25. The van der Waals surface area contributed by atoms with Gasteiger partial charge in [0.1, 0.15) is 0 Å². The number of rotatable bonds is 2. The molecule has 0 spiro atoms. The van der Waals surface area contributed by atoms with E-state index in [0.29, 0.717) is 18.5 Å². The van der Waals surface area contributed by atoms with Crippen molar-refractivity contribution < 1.29 is 4.79 Å². The number of carbonyl (C=O) groups excluding carboxylic acids is 1. The molecule has 0 aromatic heterocycles. The lowest BCUT2D eigenvalue weighted by molar-refractivity contribution is 0.112. The van der Waals surface area contributed by atoms with E-state index in [9.17, 15) is 4.79 Å². The molecule has 0 aromatic carbocycles. The van der Waals surface area contributed by atoms with Crippen molar-refractivity contribution in [1.82, 2.24) is 10.2 Å². The van der Waals surface area contributed by atoms with Crippen LogP contribution in [0.4, 0.5) is 4.79 Å². The SMILES string of the molecule is NCC1CCCCC1N1CCCNC1=O. The van der Waals surface area contributed by atoms with Crippen LogP contribution in [-0.2, 0) is 0 Å². The van der Waals surface area contributed by atoms with Gasteiger partial charge in [0.2, 0.25) is 0 Å². The van der Waals surface area contributed by atoms with E-state index in [1.807, 2.05) is 4.90 Å². The zero-order valence-corrected chi connectivity index (χ0v) is 9.24. The van der Waals surface area contributed by atoms with Crippen molar-refractivity contribution in [2.75, 3.05) is 19.6 Å². The Bertz CT molecular complexity index is 232. The predicted molar refractivity (Wildman–Crippen MR) is 59.5 cm³/mol. The number of hydrogen-bond donors (Lipinski definition) is 2.